The highest BCUT2D eigenvalue weighted by atomic mass is 31.2. The Balaban J connectivity index is 5.10. The minimum absolute atomic E-state index is 0.0153. The Hall–Kier alpha value is -0.270. The molecule has 0 aromatic heterocycles. The first kappa shape index (κ1) is 23.7. The number of nitrogens with zero attached hydrogens (tertiary/aromatic N) is 1. The molecule has 2 unspecified atom stereocenters. The third kappa shape index (κ3) is 9.28. The van der Waals surface area contributed by atoms with Gasteiger partial charge in [-0.05, 0) is 12.8 Å². The van der Waals surface area contributed by atoms with Gasteiger partial charge in [0.05, 0.1) is 27.7 Å². The van der Waals surface area contributed by atoms with Gasteiger partial charge in [0.15, 0.2) is 0 Å². The molecule has 0 aromatic rings. The predicted octanol–water partition coefficient (Wildman–Crippen LogP) is 1.44. The van der Waals surface area contributed by atoms with E-state index >= 15 is 0 Å². The topological polar surface area (TPSA) is 99.1 Å². The van der Waals surface area contributed by atoms with E-state index in [1.807, 2.05) is 28.1 Å². The van der Waals surface area contributed by atoms with E-state index in [2.05, 4.69) is 6.58 Å². The number of phosphoric acid groups is 1. The molecule has 0 radical (unpaired) electrons. The maximum Gasteiger partial charge on any atom is 0.268 e. The Morgan fingerprint density at radius 2 is 2.00 bits per heavy atom. The zero-order valence-electron chi connectivity index (χ0n) is 15.4. The second-order valence-electron chi connectivity index (χ2n) is 7.10. The molecule has 0 spiro atoms. The largest absolute Gasteiger partial charge is 0.756 e. The van der Waals surface area contributed by atoms with E-state index in [1.165, 1.54) is 6.08 Å². The summed E-state index contributed by atoms with van der Waals surface area (Å²) in [6, 6.07) is 0. The highest BCUT2D eigenvalue weighted by molar-refractivity contribution is 7.45. The van der Waals surface area contributed by atoms with Crippen molar-refractivity contribution in [2.45, 2.75) is 50.7 Å². The van der Waals surface area contributed by atoms with E-state index in [4.69, 9.17) is 9.05 Å². The molecule has 0 saturated heterocycles. The second kappa shape index (κ2) is 10.7. The van der Waals surface area contributed by atoms with Crippen molar-refractivity contribution >= 4 is 7.82 Å². The van der Waals surface area contributed by atoms with Gasteiger partial charge in [-0.3, -0.25) is 4.57 Å². The van der Waals surface area contributed by atoms with Crippen molar-refractivity contribution in [3.05, 3.63) is 12.7 Å². The van der Waals surface area contributed by atoms with Gasteiger partial charge in [0.2, 0.25) is 0 Å². The van der Waals surface area contributed by atoms with Gasteiger partial charge in [-0.1, -0.05) is 32.3 Å². The molecule has 0 rings (SSSR count). The standard InChI is InChI=1S/C16H34NO6P/c1-6-8-9-11-16(10-7-2,15(19)14-18)23-24(20,21)22-13-12-17(3,4)5/h7,15,18-19H,2,6,8-14H2,1,3-5H3/t15-,16?/m0/s1. The predicted molar refractivity (Wildman–Crippen MR) is 92.3 cm³/mol. The Morgan fingerprint density at radius 1 is 1.38 bits per heavy atom. The summed E-state index contributed by atoms with van der Waals surface area (Å²) >= 11 is 0. The van der Waals surface area contributed by atoms with Gasteiger partial charge in [-0.2, -0.15) is 0 Å². The van der Waals surface area contributed by atoms with E-state index in [1.54, 1.807) is 0 Å². The normalized spacial score (nSPS) is 18.6. The van der Waals surface area contributed by atoms with Crippen LogP contribution in [0.1, 0.15) is 39.0 Å². The van der Waals surface area contributed by atoms with Crippen LogP contribution in [0.4, 0.5) is 0 Å². The first-order valence-electron chi connectivity index (χ1n) is 8.38. The summed E-state index contributed by atoms with van der Waals surface area (Å²) in [5.74, 6) is 0. The number of hydrogen-bond donors (Lipinski definition) is 2. The number of hydrogen-bond acceptors (Lipinski definition) is 6. The van der Waals surface area contributed by atoms with E-state index in [-0.39, 0.29) is 13.0 Å². The highest BCUT2D eigenvalue weighted by Gasteiger charge is 2.40. The first-order valence-corrected chi connectivity index (χ1v) is 9.84. The zero-order valence-corrected chi connectivity index (χ0v) is 16.3. The average Bonchev–Trinajstić information content (AvgIpc) is 2.44. The minimum Gasteiger partial charge on any atom is -0.756 e. The maximum absolute atomic E-state index is 12.2. The van der Waals surface area contributed by atoms with Crippen LogP contribution in [0.3, 0.4) is 0 Å². The van der Waals surface area contributed by atoms with Crippen LogP contribution in [0.15, 0.2) is 12.7 Å². The van der Waals surface area contributed by atoms with Gasteiger partial charge >= 0.3 is 0 Å². The third-order valence-corrected chi connectivity index (χ3v) is 4.86. The fraction of sp³-hybridized carbons (Fsp3) is 0.875. The zero-order chi connectivity index (χ0) is 18.9. The molecular formula is C16H34NO6P. The molecule has 2 N–H and O–H groups in total. The summed E-state index contributed by atoms with van der Waals surface area (Å²) in [4.78, 5) is 12.2. The van der Waals surface area contributed by atoms with E-state index in [0.717, 1.165) is 12.8 Å². The fourth-order valence-electron chi connectivity index (χ4n) is 2.31. The number of unbranched alkanes of at least 4 members (excludes halogenated alkanes) is 2. The van der Waals surface area contributed by atoms with Crippen LogP contribution in [-0.4, -0.2) is 67.3 Å². The summed E-state index contributed by atoms with van der Waals surface area (Å²) in [7, 11) is 1.13. The van der Waals surface area contributed by atoms with E-state index < -0.39 is 26.1 Å². The smallest absolute Gasteiger partial charge is 0.268 e. The Morgan fingerprint density at radius 3 is 2.46 bits per heavy atom. The van der Waals surface area contributed by atoms with Crippen molar-refractivity contribution in [3.63, 3.8) is 0 Å². The molecule has 0 fully saturated rings. The molecule has 0 aliphatic rings. The molecular weight excluding hydrogens is 333 g/mol. The number of rotatable bonds is 14. The van der Waals surface area contributed by atoms with E-state index in [9.17, 15) is 19.7 Å². The van der Waals surface area contributed by atoms with Gasteiger partial charge in [0.1, 0.15) is 24.9 Å². The maximum atomic E-state index is 12.2. The number of aliphatic hydroxyl groups is 2. The number of likely N-dealkylation sites (N-methyl/N-ethyl adjacent to an activating group) is 1. The molecule has 0 aromatic carbocycles. The van der Waals surface area contributed by atoms with Gasteiger partial charge in [-0.25, -0.2) is 0 Å². The van der Waals surface area contributed by atoms with Crippen LogP contribution in [-0.2, 0) is 13.6 Å². The Labute approximate surface area is 146 Å². The van der Waals surface area contributed by atoms with Crippen LogP contribution in [0.25, 0.3) is 0 Å². The lowest BCUT2D eigenvalue weighted by atomic mass is 9.87. The average molecular weight is 367 g/mol. The summed E-state index contributed by atoms with van der Waals surface area (Å²) in [5, 5.41) is 19.5. The van der Waals surface area contributed by atoms with Crippen molar-refractivity contribution in [1.29, 1.82) is 0 Å². The van der Waals surface area contributed by atoms with E-state index in [0.29, 0.717) is 23.9 Å². The van der Waals surface area contributed by atoms with Crippen molar-refractivity contribution in [3.8, 4) is 0 Å². The van der Waals surface area contributed by atoms with Crippen molar-refractivity contribution < 1.29 is 33.2 Å². The number of quaternary nitrogens is 1. The summed E-state index contributed by atoms with van der Waals surface area (Å²) < 4.78 is 23.0. The van der Waals surface area contributed by atoms with Crippen LogP contribution >= 0.6 is 7.82 Å². The second-order valence-corrected chi connectivity index (χ2v) is 8.43. The highest BCUT2D eigenvalue weighted by Crippen LogP contribution is 2.47. The molecule has 0 amide bonds. The van der Waals surface area contributed by atoms with Crippen molar-refractivity contribution in [1.82, 2.24) is 0 Å². The molecule has 24 heavy (non-hydrogen) atoms. The molecule has 0 bridgehead atoms. The van der Waals surface area contributed by atoms with Crippen LogP contribution in [0.2, 0.25) is 0 Å². The van der Waals surface area contributed by atoms with Gasteiger partial charge < -0.3 is 28.6 Å². The Bertz CT molecular complexity index is 412. The fourth-order valence-corrected chi connectivity index (χ4v) is 3.40. The van der Waals surface area contributed by atoms with Gasteiger partial charge in [0, 0.05) is 0 Å². The number of aliphatic hydroxyl groups excluding tert-OH is 2. The van der Waals surface area contributed by atoms with Crippen LogP contribution in [0, 0.1) is 0 Å². The lowest BCUT2D eigenvalue weighted by molar-refractivity contribution is -0.870. The molecule has 0 aliphatic heterocycles. The molecule has 0 aliphatic carbocycles. The summed E-state index contributed by atoms with van der Waals surface area (Å²) in [5.41, 5.74) is -1.44. The molecule has 144 valence electrons. The quantitative estimate of drug-likeness (QED) is 0.209. The van der Waals surface area contributed by atoms with Crippen LogP contribution in [0.5, 0.6) is 0 Å². The molecule has 7 nitrogen and oxygen atoms in total. The third-order valence-electron chi connectivity index (χ3n) is 3.78. The number of phosphoric ester groups is 1. The van der Waals surface area contributed by atoms with Crippen molar-refractivity contribution in [2.24, 2.45) is 0 Å². The first-order chi connectivity index (χ1) is 11.0. The van der Waals surface area contributed by atoms with Crippen LogP contribution < -0.4 is 4.89 Å². The molecule has 3 atom stereocenters. The lowest BCUT2D eigenvalue weighted by Gasteiger charge is -2.41. The van der Waals surface area contributed by atoms with Gasteiger partial charge in [0.25, 0.3) is 7.82 Å². The monoisotopic (exact) mass is 367 g/mol. The summed E-state index contributed by atoms with van der Waals surface area (Å²) in [6.45, 7) is 5.50. The minimum atomic E-state index is -4.62. The molecule has 8 heteroatoms. The lowest BCUT2D eigenvalue weighted by Crippen LogP contribution is -2.47. The van der Waals surface area contributed by atoms with Gasteiger partial charge in [-0.15, -0.1) is 6.58 Å². The Kier molecular flexibility index (Phi) is 10.5. The molecule has 0 heterocycles. The SMILES string of the molecule is C=CCC(CCCCC)(OP(=O)([O-])OCC[N+](C)(C)C)[C@@H](O)CO. The van der Waals surface area contributed by atoms with Crippen molar-refractivity contribution in [2.75, 3.05) is 40.9 Å². The summed E-state index contributed by atoms with van der Waals surface area (Å²) in [6.07, 6.45) is 3.01. The molecule has 0 saturated carbocycles.